The Morgan fingerprint density at radius 3 is 1.94 bits per heavy atom. The van der Waals surface area contributed by atoms with Crippen LogP contribution >= 0.6 is 11.6 Å². The summed E-state index contributed by atoms with van der Waals surface area (Å²) in [6.07, 6.45) is -11.0. The van der Waals surface area contributed by atoms with Crippen LogP contribution in [-0.2, 0) is 6.18 Å². The molecule has 0 unspecified atom stereocenters. The number of hydrogen-bond acceptors (Lipinski definition) is 1. The van der Waals surface area contributed by atoms with Gasteiger partial charge in [0.1, 0.15) is 11.4 Å². The summed E-state index contributed by atoms with van der Waals surface area (Å²) in [6, 6.07) is 0.306. The van der Waals surface area contributed by atoms with Crippen LogP contribution in [0.5, 0.6) is 0 Å². The molecule has 0 aliphatic heterocycles. The van der Waals surface area contributed by atoms with E-state index >= 15 is 0 Å². The Balaban J connectivity index is 3.57. The van der Waals surface area contributed by atoms with Crippen molar-refractivity contribution in [2.24, 2.45) is 0 Å². The standard InChI is InChI=1S/C9H2ClF7O/c10-3-1-4(7(18)9(15,16)17)6(5(11)2-3)8(12,13)14/h1-2H. The lowest BCUT2D eigenvalue weighted by Crippen LogP contribution is -2.26. The average molecular weight is 295 g/mol. The molecule has 1 aromatic carbocycles. The van der Waals surface area contributed by atoms with E-state index in [1.54, 1.807) is 0 Å². The van der Waals surface area contributed by atoms with Crippen LogP contribution in [-0.4, -0.2) is 12.0 Å². The van der Waals surface area contributed by atoms with Crippen molar-refractivity contribution in [2.45, 2.75) is 12.4 Å². The van der Waals surface area contributed by atoms with Crippen molar-refractivity contribution in [2.75, 3.05) is 0 Å². The van der Waals surface area contributed by atoms with Crippen LogP contribution in [0.3, 0.4) is 0 Å². The van der Waals surface area contributed by atoms with Gasteiger partial charge >= 0.3 is 12.4 Å². The zero-order chi connectivity index (χ0) is 14.3. The van der Waals surface area contributed by atoms with Crippen LogP contribution in [0.25, 0.3) is 0 Å². The van der Waals surface area contributed by atoms with Gasteiger partial charge in [-0.05, 0) is 12.1 Å². The Labute approximate surface area is 100 Å². The molecule has 1 aromatic rings. The van der Waals surface area contributed by atoms with E-state index in [0.717, 1.165) is 0 Å². The molecular formula is C9H2ClF7O. The molecular weight excluding hydrogens is 293 g/mol. The molecule has 0 amide bonds. The fourth-order valence-corrected chi connectivity index (χ4v) is 1.40. The van der Waals surface area contributed by atoms with Crippen LogP contribution in [0.4, 0.5) is 30.7 Å². The normalized spacial score (nSPS) is 12.7. The lowest BCUT2D eigenvalue weighted by molar-refractivity contribution is -0.140. The molecule has 0 fully saturated rings. The number of benzene rings is 1. The van der Waals surface area contributed by atoms with Gasteiger partial charge in [-0.2, -0.15) is 26.3 Å². The van der Waals surface area contributed by atoms with Gasteiger partial charge in [0.25, 0.3) is 5.78 Å². The van der Waals surface area contributed by atoms with E-state index in [0.29, 0.717) is 0 Å². The van der Waals surface area contributed by atoms with Crippen molar-refractivity contribution in [3.05, 3.63) is 34.1 Å². The minimum absolute atomic E-state index is 0.128. The number of Topliss-reactive ketones (excluding diaryl/α,β-unsaturated/α-hetero) is 1. The van der Waals surface area contributed by atoms with Gasteiger partial charge in [-0.15, -0.1) is 0 Å². The van der Waals surface area contributed by atoms with Crippen LogP contribution in [0.1, 0.15) is 15.9 Å². The smallest absolute Gasteiger partial charge is 0.284 e. The molecule has 0 saturated heterocycles. The van der Waals surface area contributed by atoms with Crippen LogP contribution < -0.4 is 0 Å². The molecule has 0 radical (unpaired) electrons. The van der Waals surface area contributed by atoms with Gasteiger partial charge < -0.3 is 0 Å². The number of alkyl halides is 6. The van der Waals surface area contributed by atoms with E-state index in [-0.39, 0.29) is 12.1 Å². The highest BCUT2D eigenvalue weighted by Crippen LogP contribution is 2.37. The lowest BCUT2D eigenvalue weighted by atomic mass is 10.0. The summed E-state index contributed by atoms with van der Waals surface area (Å²) in [5.74, 6) is -4.85. The first kappa shape index (κ1) is 14.7. The maximum absolute atomic E-state index is 13.0. The van der Waals surface area contributed by atoms with Gasteiger partial charge in [0.05, 0.1) is 0 Å². The number of carbonyl (C=O) groups excluding carboxylic acids is 1. The molecule has 1 rings (SSSR count). The predicted molar refractivity (Wildman–Crippen MR) is 46.8 cm³/mol. The number of halogens is 8. The minimum atomic E-state index is -5.56. The van der Waals surface area contributed by atoms with E-state index in [9.17, 15) is 35.5 Å². The number of ketones is 1. The zero-order valence-electron chi connectivity index (χ0n) is 8.09. The van der Waals surface area contributed by atoms with Crippen molar-refractivity contribution >= 4 is 17.4 Å². The number of carbonyl (C=O) groups is 1. The van der Waals surface area contributed by atoms with Crippen molar-refractivity contribution in [3.8, 4) is 0 Å². The summed E-state index contributed by atoms with van der Waals surface area (Å²) < 4.78 is 86.4. The summed E-state index contributed by atoms with van der Waals surface area (Å²) in [4.78, 5) is 10.8. The summed E-state index contributed by atoms with van der Waals surface area (Å²) in [7, 11) is 0. The molecule has 0 spiro atoms. The Morgan fingerprint density at radius 1 is 1.06 bits per heavy atom. The maximum atomic E-state index is 13.0. The third-order valence-corrected chi connectivity index (χ3v) is 2.06. The quantitative estimate of drug-likeness (QED) is 0.559. The highest BCUT2D eigenvalue weighted by atomic mass is 35.5. The summed E-state index contributed by atoms with van der Waals surface area (Å²) in [5, 5.41) is -0.743. The fourth-order valence-electron chi connectivity index (χ4n) is 1.19. The number of rotatable bonds is 1. The highest BCUT2D eigenvalue weighted by Gasteiger charge is 2.46. The minimum Gasteiger partial charge on any atom is -0.284 e. The third-order valence-electron chi connectivity index (χ3n) is 1.84. The Bertz CT molecular complexity index is 489. The summed E-state index contributed by atoms with van der Waals surface area (Å²) in [5.41, 5.74) is -4.14. The van der Waals surface area contributed by atoms with Crippen molar-refractivity contribution in [1.82, 2.24) is 0 Å². The van der Waals surface area contributed by atoms with Gasteiger partial charge in [0.15, 0.2) is 0 Å². The summed E-state index contributed by atoms with van der Waals surface area (Å²) in [6.45, 7) is 0. The summed E-state index contributed by atoms with van der Waals surface area (Å²) >= 11 is 5.14. The molecule has 1 nitrogen and oxygen atoms in total. The van der Waals surface area contributed by atoms with E-state index in [1.807, 2.05) is 0 Å². The van der Waals surface area contributed by atoms with Crippen LogP contribution in [0, 0.1) is 5.82 Å². The first-order chi connectivity index (χ1) is 7.94. The molecule has 0 aromatic heterocycles. The molecule has 100 valence electrons. The van der Waals surface area contributed by atoms with Gasteiger partial charge in [-0.25, -0.2) is 4.39 Å². The Morgan fingerprint density at radius 2 is 1.56 bits per heavy atom. The van der Waals surface area contributed by atoms with Gasteiger partial charge in [0, 0.05) is 10.6 Å². The van der Waals surface area contributed by atoms with Crippen LogP contribution in [0.15, 0.2) is 12.1 Å². The second-order valence-electron chi connectivity index (χ2n) is 3.13. The largest absolute Gasteiger partial charge is 0.454 e. The van der Waals surface area contributed by atoms with E-state index in [2.05, 4.69) is 0 Å². The second kappa shape index (κ2) is 4.42. The number of hydrogen-bond donors (Lipinski definition) is 0. The molecule has 0 saturated carbocycles. The SMILES string of the molecule is O=C(c1cc(Cl)cc(F)c1C(F)(F)F)C(F)(F)F. The Hall–Kier alpha value is -1.31. The maximum Gasteiger partial charge on any atom is 0.454 e. The average Bonchev–Trinajstić information content (AvgIpc) is 2.11. The first-order valence-corrected chi connectivity index (χ1v) is 4.50. The Kier molecular flexibility index (Phi) is 3.62. The van der Waals surface area contributed by atoms with E-state index in [4.69, 9.17) is 11.6 Å². The molecule has 0 N–H and O–H groups in total. The second-order valence-corrected chi connectivity index (χ2v) is 3.57. The molecule has 18 heavy (non-hydrogen) atoms. The molecule has 0 bridgehead atoms. The lowest BCUT2D eigenvalue weighted by Gasteiger charge is -2.14. The van der Waals surface area contributed by atoms with Gasteiger partial charge in [-0.1, -0.05) is 11.6 Å². The van der Waals surface area contributed by atoms with E-state index < -0.39 is 40.1 Å². The molecule has 0 aliphatic carbocycles. The highest BCUT2D eigenvalue weighted by molar-refractivity contribution is 6.31. The van der Waals surface area contributed by atoms with Crippen molar-refractivity contribution < 1.29 is 35.5 Å². The van der Waals surface area contributed by atoms with Gasteiger partial charge in [-0.3, -0.25) is 4.79 Å². The van der Waals surface area contributed by atoms with Crippen LogP contribution in [0.2, 0.25) is 5.02 Å². The third kappa shape index (κ3) is 2.92. The first-order valence-electron chi connectivity index (χ1n) is 4.12. The zero-order valence-corrected chi connectivity index (χ0v) is 8.84. The fraction of sp³-hybridized carbons (Fsp3) is 0.222. The monoisotopic (exact) mass is 294 g/mol. The molecule has 9 heteroatoms. The predicted octanol–water partition coefficient (Wildman–Crippen LogP) is 4.24. The van der Waals surface area contributed by atoms with Crippen molar-refractivity contribution in [1.29, 1.82) is 0 Å². The van der Waals surface area contributed by atoms with E-state index in [1.165, 1.54) is 0 Å². The van der Waals surface area contributed by atoms with Crippen molar-refractivity contribution in [3.63, 3.8) is 0 Å². The molecule has 0 heterocycles. The van der Waals surface area contributed by atoms with Gasteiger partial charge in [0.2, 0.25) is 0 Å². The molecule has 0 aliphatic rings. The molecule has 0 atom stereocenters. The topological polar surface area (TPSA) is 17.1 Å².